The molecule has 0 radical (unpaired) electrons. The zero-order chi connectivity index (χ0) is 25.8. The van der Waals surface area contributed by atoms with Crippen molar-refractivity contribution < 1.29 is 14.3 Å². The normalized spacial score (nSPS) is 12.1. The largest absolute Gasteiger partial charge is 0.467 e. The molecule has 0 saturated carbocycles. The van der Waals surface area contributed by atoms with Crippen molar-refractivity contribution in [2.45, 2.75) is 32.7 Å². The van der Waals surface area contributed by atoms with E-state index in [1.807, 2.05) is 18.9 Å². The predicted octanol–water partition coefficient (Wildman–Crippen LogP) is 4.24. The van der Waals surface area contributed by atoms with Gasteiger partial charge in [-0.1, -0.05) is 23.7 Å². The molecule has 0 saturated heterocycles. The van der Waals surface area contributed by atoms with Gasteiger partial charge in [-0.25, -0.2) is 0 Å². The van der Waals surface area contributed by atoms with E-state index in [0.29, 0.717) is 34.1 Å². The minimum absolute atomic E-state index is 0.00168. The number of thiophene rings is 1. The number of nitrogens with one attached hydrogen (secondary N) is 1. The molecule has 0 aliphatic carbocycles. The van der Waals surface area contributed by atoms with Gasteiger partial charge in [-0.15, -0.1) is 11.3 Å². The first-order chi connectivity index (χ1) is 17.3. The van der Waals surface area contributed by atoms with Gasteiger partial charge in [0.2, 0.25) is 5.43 Å². The molecule has 3 aromatic heterocycles. The van der Waals surface area contributed by atoms with Crippen LogP contribution >= 0.6 is 22.9 Å². The van der Waals surface area contributed by atoms with Crippen molar-refractivity contribution in [3.8, 4) is 6.07 Å². The molecule has 1 aromatic carbocycles. The van der Waals surface area contributed by atoms with E-state index in [-0.39, 0.29) is 24.1 Å². The van der Waals surface area contributed by atoms with Crippen molar-refractivity contribution in [3.05, 3.63) is 91.4 Å². The third kappa shape index (κ3) is 5.53. The Morgan fingerprint density at radius 3 is 2.75 bits per heavy atom. The van der Waals surface area contributed by atoms with Gasteiger partial charge >= 0.3 is 0 Å². The number of likely N-dealkylation sites (N-methyl/N-ethyl adjacent to an activating group) is 1. The number of nitriles is 1. The topological polar surface area (TPSA) is 112 Å². The third-order valence-corrected chi connectivity index (χ3v) is 7.38. The number of aliphatic hydroxyl groups is 1. The highest BCUT2D eigenvalue weighted by Gasteiger charge is 2.22. The van der Waals surface area contributed by atoms with Crippen LogP contribution in [-0.4, -0.2) is 34.1 Å². The van der Waals surface area contributed by atoms with E-state index >= 15 is 0 Å². The monoisotopic (exact) mass is 524 g/mol. The maximum atomic E-state index is 13.3. The number of pyridine rings is 1. The van der Waals surface area contributed by atoms with Gasteiger partial charge in [-0.2, -0.15) is 5.26 Å². The average molecular weight is 525 g/mol. The van der Waals surface area contributed by atoms with Crippen LogP contribution in [0.2, 0.25) is 5.02 Å². The zero-order valence-electron chi connectivity index (χ0n) is 19.8. The summed E-state index contributed by atoms with van der Waals surface area (Å²) in [5, 5.41) is 23.2. The highest BCUT2D eigenvalue weighted by molar-refractivity contribution is 7.19. The number of halogens is 1. The van der Waals surface area contributed by atoms with Gasteiger partial charge in [-0.05, 0) is 49.4 Å². The standard InChI is InChI=1S/C26H25ClN4O4S/c1-16-22(15-30(2)14-20(32)21-4-3-11-35-21)36-25-23(16)31(10-9-28)13-19(24(25)33)26(34)29-12-17-5-7-18(27)8-6-17/h3-8,11,13,20,32H,10,12,14-15H2,1-2H3,(H,29,34). The van der Waals surface area contributed by atoms with Crippen molar-refractivity contribution in [1.29, 1.82) is 5.26 Å². The van der Waals surface area contributed by atoms with Crippen LogP contribution in [0.25, 0.3) is 10.2 Å². The Kier molecular flexibility index (Phi) is 7.91. The lowest BCUT2D eigenvalue weighted by molar-refractivity contribution is 0.0949. The maximum absolute atomic E-state index is 13.3. The Balaban J connectivity index is 1.60. The Morgan fingerprint density at radius 1 is 1.33 bits per heavy atom. The summed E-state index contributed by atoms with van der Waals surface area (Å²) in [6.07, 6.45) is 2.19. The quantitative estimate of drug-likeness (QED) is 0.339. The fraction of sp³-hybridized carbons (Fsp3) is 0.269. The molecule has 3 heterocycles. The highest BCUT2D eigenvalue weighted by atomic mass is 35.5. The van der Waals surface area contributed by atoms with Gasteiger partial charge in [0.15, 0.2) is 0 Å². The smallest absolute Gasteiger partial charge is 0.257 e. The SMILES string of the molecule is Cc1c(CN(C)CC(O)c2ccco2)sc2c(=O)c(C(=O)NCc3ccc(Cl)cc3)cn(CC#N)c12. The lowest BCUT2D eigenvalue weighted by atomic mass is 10.1. The van der Waals surface area contributed by atoms with Crippen molar-refractivity contribution in [3.63, 3.8) is 0 Å². The summed E-state index contributed by atoms with van der Waals surface area (Å²) in [5.74, 6) is -0.0206. The minimum atomic E-state index is -0.783. The second-order valence-corrected chi connectivity index (χ2v) is 10.1. The summed E-state index contributed by atoms with van der Waals surface area (Å²) in [7, 11) is 1.87. The average Bonchev–Trinajstić information content (AvgIpc) is 3.50. The maximum Gasteiger partial charge on any atom is 0.257 e. The molecule has 36 heavy (non-hydrogen) atoms. The van der Waals surface area contributed by atoms with Crippen LogP contribution in [0.15, 0.2) is 58.1 Å². The molecule has 2 N–H and O–H groups in total. The van der Waals surface area contributed by atoms with Gasteiger partial charge in [0, 0.05) is 35.7 Å². The fourth-order valence-corrected chi connectivity index (χ4v) is 5.50. The van der Waals surface area contributed by atoms with E-state index < -0.39 is 12.0 Å². The Morgan fingerprint density at radius 2 is 2.08 bits per heavy atom. The number of aromatic nitrogens is 1. The van der Waals surface area contributed by atoms with Crippen molar-refractivity contribution in [1.82, 2.24) is 14.8 Å². The van der Waals surface area contributed by atoms with Gasteiger partial charge in [0.05, 0.1) is 22.5 Å². The molecule has 0 spiro atoms. The van der Waals surface area contributed by atoms with Crippen LogP contribution in [0.3, 0.4) is 0 Å². The number of carbonyl (C=O) groups is 1. The summed E-state index contributed by atoms with van der Waals surface area (Å²) >= 11 is 7.22. The number of benzene rings is 1. The van der Waals surface area contributed by atoms with Gasteiger partial charge < -0.3 is 19.4 Å². The summed E-state index contributed by atoms with van der Waals surface area (Å²) in [4.78, 5) is 29.1. The number of aliphatic hydroxyl groups excluding tert-OH is 1. The van der Waals surface area contributed by atoms with E-state index in [1.54, 1.807) is 41.0 Å². The molecule has 0 aliphatic rings. The lowest BCUT2D eigenvalue weighted by Gasteiger charge is -2.19. The van der Waals surface area contributed by atoms with Crippen LogP contribution in [0.1, 0.15) is 38.2 Å². The Labute approximate surface area is 216 Å². The molecule has 186 valence electrons. The van der Waals surface area contributed by atoms with Gasteiger partial charge in [0.1, 0.15) is 24.0 Å². The molecule has 0 bridgehead atoms. The molecular formula is C26H25ClN4O4S. The summed E-state index contributed by atoms with van der Waals surface area (Å²) in [5.41, 5.74) is 1.98. The van der Waals surface area contributed by atoms with Crippen molar-refractivity contribution >= 4 is 39.1 Å². The number of amides is 1. The molecule has 0 fully saturated rings. The summed E-state index contributed by atoms with van der Waals surface area (Å²) < 4.78 is 7.35. The Hall–Kier alpha value is -3.42. The van der Waals surface area contributed by atoms with E-state index in [4.69, 9.17) is 16.0 Å². The molecule has 1 amide bonds. The third-order valence-electron chi connectivity index (χ3n) is 5.86. The number of furan rings is 1. The molecule has 10 heteroatoms. The van der Waals surface area contributed by atoms with Gasteiger partial charge in [0.25, 0.3) is 5.91 Å². The second-order valence-electron chi connectivity index (χ2n) is 8.52. The van der Waals surface area contributed by atoms with Crippen molar-refractivity contribution in [2.24, 2.45) is 0 Å². The summed E-state index contributed by atoms with van der Waals surface area (Å²) in [6, 6.07) is 12.6. The first kappa shape index (κ1) is 25.7. The zero-order valence-corrected chi connectivity index (χ0v) is 21.4. The molecule has 4 aromatic rings. The van der Waals surface area contributed by atoms with Crippen LogP contribution < -0.4 is 10.7 Å². The van der Waals surface area contributed by atoms with Crippen LogP contribution in [-0.2, 0) is 19.6 Å². The lowest BCUT2D eigenvalue weighted by Crippen LogP contribution is -2.29. The first-order valence-corrected chi connectivity index (χ1v) is 12.4. The molecule has 8 nitrogen and oxygen atoms in total. The molecule has 4 rings (SSSR count). The number of hydrogen-bond acceptors (Lipinski definition) is 7. The number of carbonyl (C=O) groups excluding carboxylic acids is 1. The number of nitrogens with zero attached hydrogens (tertiary/aromatic N) is 3. The minimum Gasteiger partial charge on any atom is -0.467 e. The van der Waals surface area contributed by atoms with Gasteiger partial charge in [-0.3, -0.25) is 14.5 Å². The van der Waals surface area contributed by atoms with Crippen molar-refractivity contribution in [2.75, 3.05) is 13.6 Å². The van der Waals surface area contributed by atoms with E-state index in [9.17, 15) is 20.0 Å². The molecule has 0 aliphatic heterocycles. The predicted molar refractivity (Wildman–Crippen MR) is 139 cm³/mol. The second kappa shape index (κ2) is 11.1. The van der Waals surface area contributed by atoms with E-state index in [0.717, 1.165) is 16.0 Å². The number of aryl methyl sites for hydroxylation is 1. The molecular weight excluding hydrogens is 500 g/mol. The number of fused-ring (bicyclic) bond motifs is 1. The number of rotatable bonds is 9. The molecule has 1 unspecified atom stereocenters. The fourth-order valence-electron chi connectivity index (χ4n) is 4.02. The van der Waals surface area contributed by atoms with E-state index in [2.05, 4.69) is 11.4 Å². The molecule has 1 atom stereocenters. The highest BCUT2D eigenvalue weighted by Crippen LogP contribution is 2.30. The van der Waals surface area contributed by atoms with Crippen LogP contribution in [0, 0.1) is 18.3 Å². The van der Waals surface area contributed by atoms with E-state index in [1.165, 1.54) is 23.8 Å². The first-order valence-electron chi connectivity index (χ1n) is 11.2. The number of hydrogen-bond donors (Lipinski definition) is 2. The summed E-state index contributed by atoms with van der Waals surface area (Å²) in [6.45, 7) is 2.95. The van der Waals surface area contributed by atoms with Crippen LogP contribution in [0.5, 0.6) is 0 Å². The van der Waals surface area contributed by atoms with Crippen LogP contribution in [0.4, 0.5) is 0 Å². The Bertz CT molecular complexity index is 1470.